The number of benzene rings is 2. The highest BCUT2D eigenvalue weighted by Crippen LogP contribution is 2.18. The number of carbonyl (C=O) groups is 1. The van der Waals surface area contributed by atoms with Crippen molar-refractivity contribution < 1.29 is 13.6 Å². The van der Waals surface area contributed by atoms with E-state index < -0.39 is 11.7 Å². The van der Waals surface area contributed by atoms with Crippen molar-refractivity contribution in [2.24, 2.45) is 4.99 Å². The zero-order chi connectivity index (χ0) is 19.5. The Labute approximate surface area is 160 Å². The topological polar surface area (TPSA) is 67.5 Å². The summed E-state index contributed by atoms with van der Waals surface area (Å²) in [7, 11) is 0. The van der Waals surface area contributed by atoms with Crippen molar-refractivity contribution >= 4 is 28.4 Å². The van der Waals surface area contributed by atoms with Gasteiger partial charge in [-0.25, -0.2) is 14.4 Å². The fourth-order valence-electron chi connectivity index (χ4n) is 2.76. The van der Waals surface area contributed by atoms with Crippen molar-refractivity contribution in [2.75, 3.05) is 5.32 Å². The summed E-state index contributed by atoms with van der Waals surface area (Å²) < 4.78 is 19.9. The fourth-order valence-corrected chi connectivity index (χ4v) is 2.76. The van der Waals surface area contributed by atoms with Gasteiger partial charge < -0.3 is 9.73 Å². The fraction of sp³-hybridized carbons (Fsp3) is 0.0455. The van der Waals surface area contributed by atoms with Crippen LogP contribution in [0.15, 0.2) is 82.2 Å². The summed E-state index contributed by atoms with van der Waals surface area (Å²) in [6.45, 7) is 1.83. The second-order valence-electron chi connectivity index (χ2n) is 6.18. The monoisotopic (exact) mass is 373 g/mol. The molecule has 1 amide bonds. The first-order chi connectivity index (χ1) is 13.6. The highest BCUT2D eigenvalue weighted by atomic mass is 19.1. The van der Waals surface area contributed by atoms with Gasteiger partial charge in [-0.2, -0.15) is 0 Å². The maximum Gasteiger partial charge on any atom is 0.262 e. The van der Waals surface area contributed by atoms with Gasteiger partial charge in [0.05, 0.1) is 0 Å². The van der Waals surface area contributed by atoms with Crippen LogP contribution in [-0.2, 0) is 0 Å². The van der Waals surface area contributed by atoms with Crippen LogP contribution in [0.1, 0.15) is 16.1 Å². The number of hydrogen-bond donors (Lipinski definition) is 1. The highest BCUT2D eigenvalue weighted by molar-refractivity contribution is 6.04. The molecular formula is C22H16FN3O2. The standard InChI is InChI=1S/C22H16FN3O2/c1-14-7-6-12-20(24-14)26-21(27)16-13-15-8-2-5-11-19(15)28-22(16)25-18-10-4-3-9-17(18)23/h2-13H,1H3,(H,24,26,27). The van der Waals surface area contributed by atoms with E-state index in [1.54, 1.807) is 36.4 Å². The molecule has 2 heterocycles. The van der Waals surface area contributed by atoms with Crippen LogP contribution < -0.4 is 10.9 Å². The van der Waals surface area contributed by atoms with Gasteiger partial charge in [0.15, 0.2) is 0 Å². The molecule has 0 aliphatic carbocycles. The van der Waals surface area contributed by atoms with Gasteiger partial charge in [-0.1, -0.05) is 36.4 Å². The number of fused-ring (bicyclic) bond motifs is 1. The lowest BCUT2D eigenvalue weighted by Gasteiger charge is -2.07. The summed E-state index contributed by atoms with van der Waals surface area (Å²) >= 11 is 0. The molecule has 0 fully saturated rings. The SMILES string of the molecule is Cc1cccc(NC(=O)c2cc3ccccc3oc2=Nc2ccccc2F)n1. The quantitative estimate of drug-likeness (QED) is 0.563. The van der Waals surface area contributed by atoms with Crippen molar-refractivity contribution in [1.82, 2.24) is 4.98 Å². The molecule has 2 aromatic heterocycles. The average Bonchev–Trinajstić information content (AvgIpc) is 2.69. The predicted octanol–water partition coefficient (Wildman–Crippen LogP) is 4.76. The normalized spacial score (nSPS) is 11.6. The van der Waals surface area contributed by atoms with Crippen LogP contribution in [0.3, 0.4) is 0 Å². The lowest BCUT2D eigenvalue weighted by atomic mass is 10.1. The van der Waals surface area contributed by atoms with Crippen LogP contribution >= 0.6 is 0 Å². The van der Waals surface area contributed by atoms with Crippen molar-refractivity contribution in [2.45, 2.75) is 6.92 Å². The molecule has 0 saturated heterocycles. The number of hydrogen-bond acceptors (Lipinski definition) is 4. The van der Waals surface area contributed by atoms with E-state index >= 15 is 0 Å². The van der Waals surface area contributed by atoms with Crippen molar-refractivity contribution in [3.63, 3.8) is 0 Å². The molecule has 138 valence electrons. The molecule has 5 nitrogen and oxygen atoms in total. The molecule has 0 saturated carbocycles. The van der Waals surface area contributed by atoms with E-state index in [-0.39, 0.29) is 16.8 Å². The second-order valence-corrected chi connectivity index (χ2v) is 6.18. The Hall–Kier alpha value is -3.80. The summed E-state index contributed by atoms with van der Waals surface area (Å²) in [6, 6.07) is 20.3. The first-order valence-electron chi connectivity index (χ1n) is 8.67. The van der Waals surface area contributed by atoms with Gasteiger partial charge in [0, 0.05) is 11.1 Å². The van der Waals surface area contributed by atoms with E-state index in [4.69, 9.17) is 4.42 Å². The molecule has 0 spiro atoms. The summed E-state index contributed by atoms with van der Waals surface area (Å²) in [6.07, 6.45) is 0. The van der Waals surface area contributed by atoms with Gasteiger partial charge >= 0.3 is 0 Å². The molecule has 0 atom stereocenters. The number of pyridine rings is 1. The zero-order valence-electron chi connectivity index (χ0n) is 15.0. The Morgan fingerprint density at radius 1 is 1.04 bits per heavy atom. The van der Waals surface area contributed by atoms with Crippen LogP contribution in [0.5, 0.6) is 0 Å². The van der Waals surface area contributed by atoms with Gasteiger partial charge in [0.1, 0.15) is 28.5 Å². The van der Waals surface area contributed by atoms with Gasteiger partial charge in [-0.3, -0.25) is 4.79 Å². The number of carbonyl (C=O) groups excluding carboxylic acids is 1. The third-order valence-corrected chi connectivity index (χ3v) is 4.10. The van der Waals surface area contributed by atoms with Crippen LogP contribution in [0.2, 0.25) is 0 Å². The molecule has 6 heteroatoms. The number of anilines is 1. The molecule has 1 N–H and O–H groups in total. The predicted molar refractivity (Wildman–Crippen MR) is 105 cm³/mol. The molecule has 4 rings (SSSR count). The number of nitrogens with zero attached hydrogens (tertiary/aromatic N) is 2. The summed E-state index contributed by atoms with van der Waals surface area (Å²) in [5.41, 5.74) is 1.61. The third-order valence-electron chi connectivity index (χ3n) is 4.10. The number of para-hydroxylation sites is 2. The second kappa shape index (κ2) is 7.44. The molecular weight excluding hydrogens is 357 g/mol. The Bertz CT molecular complexity index is 1250. The Morgan fingerprint density at radius 3 is 2.64 bits per heavy atom. The van der Waals surface area contributed by atoms with Gasteiger partial charge in [-0.05, 0) is 43.3 Å². The number of aryl methyl sites for hydroxylation is 1. The van der Waals surface area contributed by atoms with E-state index in [1.165, 1.54) is 12.1 Å². The molecule has 0 bridgehead atoms. The van der Waals surface area contributed by atoms with Crippen molar-refractivity contribution in [3.05, 3.63) is 95.4 Å². The van der Waals surface area contributed by atoms with E-state index in [9.17, 15) is 9.18 Å². The molecule has 0 radical (unpaired) electrons. The average molecular weight is 373 g/mol. The number of rotatable bonds is 3. The largest absolute Gasteiger partial charge is 0.438 e. The van der Waals surface area contributed by atoms with Gasteiger partial charge in [0.2, 0.25) is 5.55 Å². The van der Waals surface area contributed by atoms with E-state index in [1.807, 2.05) is 31.2 Å². The lowest BCUT2D eigenvalue weighted by molar-refractivity contribution is 0.102. The van der Waals surface area contributed by atoms with Gasteiger partial charge in [-0.15, -0.1) is 0 Å². The third kappa shape index (κ3) is 3.66. The number of nitrogens with one attached hydrogen (secondary N) is 1. The van der Waals surface area contributed by atoms with Crippen LogP contribution in [0.25, 0.3) is 11.0 Å². The summed E-state index contributed by atoms with van der Waals surface area (Å²) in [5.74, 6) is -0.532. The molecule has 4 aromatic rings. The van der Waals surface area contributed by atoms with E-state index in [2.05, 4.69) is 15.3 Å². The Balaban J connectivity index is 1.86. The lowest BCUT2D eigenvalue weighted by Crippen LogP contribution is -2.22. The van der Waals surface area contributed by atoms with Gasteiger partial charge in [0.25, 0.3) is 5.91 Å². The molecule has 0 aliphatic rings. The van der Waals surface area contributed by atoms with Crippen LogP contribution in [0, 0.1) is 12.7 Å². The molecule has 28 heavy (non-hydrogen) atoms. The van der Waals surface area contributed by atoms with Crippen LogP contribution in [0.4, 0.5) is 15.9 Å². The number of halogens is 1. The Morgan fingerprint density at radius 2 is 1.82 bits per heavy atom. The molecule has 2 aromatic carbocycles. The van der Waals surface area contributed by atoms with E-state index in [0.29, 0.717) is 11.4 Å². The Kier molecular flexibility index (Phi) is 4.68. The minimum absolute atomic E-state index is 0.0222. The maximum atomic E-state index is 14.1. The first-order valence-corrected chi connectivity index (χ1v) is 8.67. The number of amides is 1. The maximum absolute atomic E-state index is 14.1. The van der Waals surface area contributed by atoms with Crippen LogP contribution in [-0.4, -0.2) is 10.9 Å². The smallest absolute Gasteiger partial charge is 0.262 e. The first kappa shape index (κ1) is 17.6. The highest BCUT2D eigenvalue weighted by Gasteiger charge is 2.14. The molecule has 0 unspecified atom stereocenters. The van der Waals surface area contributed by atoms with E-state index in [0.717, 1.165) is 11.1 Å². The van der Waals surface area contributed by atoms with Crippen molar-refractivity contribution in [3.8, 4) is 0 Å². The zero-order valence-corrected chi connectivity index (χ0v) is 15.0. The minimum atomic E-state index is -0.502. The number of aromatic nitrogens is 1. The van der Waals surface area contributed by atoms with Crippen molar-refractivity contribution in [1.29, 1.82) is 0 Å². The summed E-state index contributed by atoms with van der Waals surface area (Å²) in [5, 5.41) is 3.47. The summed E-state index contributed by atoms with van der Waals surface area (Å²) in [4.78, 5) is 21.4. The molecule has 0 aliphatic heterocycles. The minimum Gasteiger partial charge on any atom is -0.438 e.